The van der Waals surface area contributed by atoms with Gasteiger partial charge in [0.1, 0.15) is 0 Å². The number of aromatic amines is 1. The quantitative estimate of drug-likeness (QED) is 0.666. The summed E-state index contributed by atoms with van der Waals surface area (Å²) in [6.45, 7) is 6.10. The number of aromatic nitrogens is 1. The Bertz CT molecular complexity index is 896. The topological polar surface area (TPSA) is 44.9 Å². The first kappa shape index (κ1) is 15.8. The van der Waals surface area contributed by atoms with E-state index in [1.807, 2.05) is 32.0 Å². The molecule has 0 radical (unpaired) electrons. The molecule has 0 bridgehead atoms. The van der Waals surface area contributed by atoms with E-state index in [0.29, 0.717) is 6.42 Å². The highest BCUT2D eigenvalue weighted by molar-refractivity contribution is 9.10. The largest absolute Gasteiger partial charge is 0.358 e. The van der Waals surface area contributed by atoms with Crippen molar-refractivity contribution in [2.24, 2.45) is 0 Å². The molecule has 0 saturated carbocycles. The monoisotopic (exact) mass is 370 g/mol. The SMILES string of the molecule is Cc1ccc2[nH]c(C)c(CC(=O)Nc3ccc(C)c(Br)c3)c2c1. The second kappa shape index (κ2) is 6.20. The van der Waals surface area contributed by atoms with Crippen LogP contribution in [0.3, 0.4) is 0 Å². The van der Waals surface area contributed by atoms with Crippen LogP contribution in [0.1, 0.15) is 22.4 Å². The summed E-state index contributed by atoms with van der Waals surface area (Å²) in [7, 11) is 0. The van der Waals surface area contributed by atoms with Crippen molar-refractivity contribution >= 4 is 38.4 Å². The lowest BCUT2D eigenvalue weighted by molar-refractivity contribution is -0.115. The van der Waals surface area contributed by atoms with Gasteiger partial charge in [-0.3, -0.25) is 4.79 Å². The number of hydrogen-bond donors (Lipinski definition) is 2. The van der Waals surface area contributed by atoms with Gasteiger partial charge in [0.25, 0.3) is 0 Å². The number of hydrogen-bond acceptors (Lipinski definition) is 1. The summed E-state index contributed by atoms with van der Waals surface area (Å²) in [5, 5.41) is 4.10. The molecule has 2 N–H and O–H groups in total. The summed E-state index contributed by atoms with van der Waals surface area (Å²) < 4.78 is 0.995. The van der Waals surface area contributed by atoms with Crippen molar-refractivity contribution in [1.82, 2.24) is 4.98 Å². The van der Waals surface area contributed by atoms with E-state index in [0.717, 1.165) is 37.9 Å². The van der Waals surface area contributed by atoms with Crippen LogP contribution in [0, 0.1) is 20.8 Å². The van der Waals surface area contributed by atoms with E-state index < -0.39 is 0 Å². The Morgan fingerprint density at radius 3 is 2.65 bits per heavy atom. The minimum Gasteiger partial charge on any atom is -0.358 e. The van der Waals surface area contributed by atoms with Crippen LogP contribution < -0.4 is 5.32 Å². The Kier molecular flexibility index (Phi) is 4.26. The number of carbonyl (C=O) groups excluding carboxylic acids is 1. The van der Waals surface area contributed by atoms with Crippen LogP contribution in [-0.2, 0) is 11.2 Å². The molecule has 3 nitrogen and oxygen atoms in total. The number of H-pyrrole nitrogens is 1. The number of halogens is 1. The van der Waals surface area contributed by atoms with Crippen molar-refractivity contribution in [1.29, 1.82) is 0 Å². The van der Waals surface area contributed by atoms with E-state index >= 15 is 0 Å². The van der Waals surface area contributed by atoms with Gasteiger partial charge in [-0.2, -0.15) is 0 Å². The van der Waals surface area contributed by atoms with E-state index in [4.69, 9.17) is 0 Å². The second-order valence-electron chi connectivity index (χ2n) is 5.97. The summed E-state index contributed by atoms with van der Waals surface area (Å²) in [5.74, 6) is -0.00809. The molecule has 1 heterocycles. The molecule has 3 rings (SSSR count). The number of benzene rings is 2. The lowest BCUT2D eigenvalue weighted by Gasteiger charge is -2.07. The highest BCUT2D eigenvalue weighted by Gasteiger charge is 2.13. The first-order chi connectivity index (χ1) is 10.9. The van der Waals surface area contributed by atoms with Crippen molar-refractivity contribution < 1.29 is 4.79 Å². The van der Waals surface area contributed by atoms with Gasteiger partial charge in [0.2, 0.25) is 5.91 Å². The van der Waals surface area contributed by atoms with Gasteiger partial charge in [-0.25, -0.2) is 0 Å². The van der Waals surface area contributed by atoms with Crippen LogP contribution in [0.2, 0.25) is 0 Å². The molecule has 2 aromatic carbocycles. The second-order valence-corrected chi connectivity index (χ2v) is 6.82. The van der Waals surface area contributed by atoms with Gasteiger partial charge in [-0.05, 0) is 56.2 Å². The van der Waals surface area contributed by atoms with E-state index in [-0.39, 0.29) is 5.91 Å². The molecular weight excluding hydrogens is 352 g/mol. The highest BCUT2D eigenvalue weighted by atomic mass is 79.9. The highest BCUT2D eigenvalue weighted by Crippen LogP contribution is 2.25. The first-order valence-electron chi connectivity index (χ1n) is 7.58. The molecule has 0 aliphatic rings. The third-order valence-electron chi connectivity index (χ3n) is 4.07. The Morgan fingerprint density at radius 1 is 1.13 bits per heavy atom. The lowest BCUT2D eigenvalue weighted by Crippen LogP contribution is -2.14. The van der Waals surface area contributed by atoms with Crippen molar-refractivity contribution in [3.63, 3.8) is 0 Å². The Balaban J connectivity index is 1.84. The van der Waals surface area contributed by atoms with Crippen LogP contribution in [0.5, 0.6) is 0 Å². The molecule has 0 spiro atoms. The summed E-state index contributed by atoms with van der Waals surface area (Å²) in [6.07, 6.45) is 0.362. The minimum atomic E-state index is -0.00809. The number of aryl methyl sites for hydroxylation is 3. The molecule has 1 amide bonds. The third kappa shape index (κ3) is 3.32. The average Bonchev–Trinajstić information content (AvgIpc) is 2.79. The molecule has 0 aliphatic carbocycles. The molecule has 23 heavy (non-hydrogen) atoms. The molecular formula is C19H19BrN2O. The fraction of sp³-hybridized carbons (Fsp3) is 0.211. The van der Waals surface area contributed by atoms with Crippen molar-refractivity contribution in [3.8, 4) is 0 Å². The smallest absolute Gasteiger partial charge is 0.228 e. The molecule has 0 fully saturated rings. The predicted molar refractivity (Wildman–Crippen MR) is 99.0 cm³/mol. The summed E-state index contributed by atoms with van der Waals surface area (Å²) >= 11 is 3.49. The van der Waals surface area contributed by atoms with Gasteiger partial charge in [0.05, 0.1) is 6.42 Å². The molecule has 0 atom stereocenters. The number of anilines is 1. The summed E-state index contributed by atoms with van der Waals surface area (Å²) in [6, 6.07) is 12.1. The Morgan fingerprint density at radius 2 is 1.91 bits per heavy atom. The number of fused-ring (bicyclic) bond motifs is 1. The summed E-state index contributed by atoms with van der Waals surface area (Å²) in [5.41, 5.74) is 6.33. The fourth-order valence-corrected chi connectivity index (χ4v) is 3.14. The van der Waals surface area contributed by atoms with Gasteiger partial charge < -0.3 is 10.3 Å². The Hall–Kier alpha value is -2.07. The van der Waals surface area contributed by atoms with Crippen LogP contribution in [0.4, 0.5) is 5.69 Å². The predicted octanol–water partition coefficient (Wildman–Crippen LogP) is 5.04. The number of rotatable bonds is 3. The zero-order chi connectivity index (χ0) is 16.6. The molecule has 0 aliphatic heterocycles. The van der Waals surface area contributed by atoms with Crippen molar-refractivity contribution in [3.05, 3.63) is 63.3 Å². The van der Waals surface area contributed by atoms with Gasteiger partial charge in [0.15, 0.2) is 0 Å². The molecule has 0 unspecified atom stereocenters. The molecule has 118 valence electrons. The molecule has 1 aromatic heterocycles. The number of nitrogens with one attached hydrogen (secondary N) is 2. The van der Waals surface area contributed by atoms with Crippen LogP contribution in [0.25, 0.3) is 10.9 Å². The maximum absolute atomic E-state index is 12.4. The minimum absolute atomic E-state index is 0.00809. The Labute approximate surface area is 144 Å². The fourth-order valence-electron chi connectivity index (χ4n) is 2.76. The number of carbonyl (C=O) groups is 1. The zero-order valence-corrected chi connectivity index (χ0v) is 15.0. The lowest BCUT2D eigenvalue weighted by atomic mass is 10.1. The average molecular weight is 371 g/mol. The van der Waals surface area contributed by atoms with Crippen molar-refractivity contribution in [2.75, 3.05) is 5.32 Å². The van der Waals surface area contributed by atoms with Crippen LogP contribution >= 0.6 is 15.9 Å². The molecule has 4 heteroatoms. The van der Waals surface area contributed by atoms with Gasteiger partial charge in [0, 0.05) is 26.8 Å². The van der Waals surface area contributed by atoms with Gasteiger partial charge in [-0.15, -0.1) is 0 Å². The standard InChI is InChI=1S/C19H19BrN2O/c1-11-4-7-18-16(8-11)15(13(3)21-18)10-19(23)22-14-6-5-12(2)17(20)9-14/h4-9,21H,10H2,1-3H3,(H,22,23). The number of amides is 1. The maximum Gasteiger partial charge on any atom is 0.228 e. The van der Waals surface area contributed by atoms with E-state index in [2.05, 4.69) is 51.4 Å². The molecule has 0 saturated heterocycles. The van der Waals surface area contributed by atoms with Gasteiger partial charge in [-0.1, -0.05) is 33.6 Å². The van der Waals surface area contributed by atoms with Crippen LogP contribution in [-0.4, -0.2) is 10.9 Å². The maximum atomic E-state index is 12.4. The zero-order valence-electron chi connectivity index (χ0n) is 13.5. The van der Waals surface area contributed by atoms with Crippen LogP contribution in [0.15, 0.2) is 40.9 Å². The van der Waals surface area contributed by atoms with E-state index in [1.165, 1.54) is 5.56 Å². The molecule has 3 aromatic rings. The third-order valence-corrected chi connectivity index (χ3v) is 4.92. The van der Waals surface area contributed by atoms with Crippen molar-refractivity contribution in [2.45, 2.75) is 27.2 Å². The van der Waals surface area contributed by atoms with E-state index in [9.17, 15) is 4.79 Å². The summed E-state index contributed by atoms with van der Waals surface area (Å²) in [4.78, 5) is 15.8. The normalized spacial score (nSPS) is 11.0. The van der Waals surface area contributed by atoms with E-state index in [1.54, 1.807) is 0 Å². The van der Waals surface area contributed by atoms with Gasteiger partial charge >= 0.3 is 0 Å². The first-order valence-corrected chi connectivity index (χ1v) is 8.37.